The Bertz CT molecular complexity index is 324. The molecule has 0 fully saturated rings. The monoisotopic (exact) mass is 352 g/mol. The number of nitrogens with zero attached hydrogens (tertiary/aromatic N) is 2. The van der Waals surface area contributed by atoms with Crippen molar-refractivity contribution in [2.24, 2.45) is 0 Å². The minimum absolute atomic E-state index is 0.336. The minimum atomic E-state index is -4.47. The molecule has 0 atom stereocenters. The molecular formula is C8H9ClF3IN2. The molecular weight excluding hydrogens is 343 g/mol. The van der Waals surface area contributed by atoms with Crippen LogP contribution in [0.3, 0.4) is 0 Å². The van der Waals surface area contributed by atoms with Gasteiger partial charge in [0.2, 0.25) is 0 Å². The summed E-state index contributed by atoms with van der Waals surface area (Å²) < 4.78 is 39.1. The Hall–Kier alpha value is 0.0200. The summed E-state index contributed by atoms with van der Waals surface area (Å²) in [5.41, 5.74) is -1.00. The van der Waals surface area contributed by atoms with Crippen molar-refractivity contribution in [3.05, 3.63) is 16.9 Å². The van der Waals surface area contributed by atoms with Gasteiger partial charge in [-0.05, 0) is 17.3 Å². The van der Waals surface area contributed by atoms with Gasteiger partial charge < -0.3 is 0 Å². The molecule has 1 aromatic heterocycles. The Kier molecular flexibility index (Phi) is 4.69. The molecule has 2 nitrogen and oxygen atoms in total. The number of aryl methyl sites for hydroxylation is 1. The summed E-state index contributed by atoms with van der Waals surface area (Å²) in [4.78, 5) is 0. The predicted octanol–water partition coefficient (Wildman–Crippen LogP) is 3.77. The van der Waals surface area contributed by atoms with Gasteiger partial charge in [0.1, 0.15) is 0 Å². The van der Waals surface area contributed by atoms with E-state index in [9.17, 15) is 13.2 Å². The first kappa shape index (κ1) is 13.1. The molecule has 0 saturated carbocycles. The summed E-state index contributed by atoms with van der Waals surface area (Å²) in [6, 6.07) is 0. The maximum absolute atomic E-state index is 12.3. The summed E-state index contributed by atoms with van der Waals surface area (Å²) in [7, 11) is 0. The average Bonchev–Trinajstić information content (AvgIpc) is 2.47. The number of hydrogen-bond donors (Lipinski definition) is 0. The van der Waals surface area contributed by atoms with E-state index >= 15 is 0 Å². The van der Waals surface area contributed by atoms with E-state index in [1.165, 1.54) is 10.9 Å². The maximum atomic E-state index is 12.3. The summed E-state index contributed by atoms with van der Waals surface area (Å²) in [5, 5.41) is 3.07. The largest absolute Gasteiger partial charge is 0.436 e. The van der Waals surface area contributed by atoms with E-state index in [4.69, 9.17) is 11.6 Å². The molecule has 15 heavy (non-hydrogen) atoms. The average molecular weight is 353 g/mol. The van der Waals surface area contributed by atoms with E-state index in [2.05, 4.69) is 27.7 Å². The maximum Gasteiger partial charge on any atom is 0.436 e. The Balaban J connectivity index is 2.69. The van der Waals surface area contributed by atoms with Crippen molar-refractivity contribution >= 4 is 34.2 Å². The van der Waals surface area contributed by atoms with Gasteiger partial charge in [-0.1, -0.05) is 34.2 Å². The molecule has 0 aliphatic heterocycles. The summed E-state index contributed by atoms with van der Waals surface area (Å²) in [6.07, 6.45) is -1.49. The van der Waals surface area contributed by atoms with Gasteiger partial charge in [0.15, 0.2) is 5.69 Å². The fraction of sp³-hybridized carbons (Fsp3) is 0.625. The SMILES string of the molecule is FC(F)(F)c1nn(CCCCI)cc1Cl. The van der Waals surface area contributed by atoms with Gasteiger partial charge in [-0.2, -0.15) is 18.3 Å². The van der Waals surface area contributed by atoms with E-state index in [1.54, 1.807) is 0 Å². The molecule has 0 unspecified atom stereocenters. The molecule has 0 amide bonds. The first-order valence-electron chi connectivity index (χ1n) is 4.31. The number of hydrogen-bond acceptors (Lipinski definition) is 1. The molecule has 7 heteroatoms. The molecule has 0 bridgehead atoms. The molecule has 0 aliphatic carbocycles. The van der Waals surface area contributed by atoms with Crippen LogP contribution in [-0.4, -0.2) is 14.2 Å². The lowest BCUT2D eigenvalue weighted by Gasteiger charge is -2.02. The third-order valence-electron chi connectivity index (χ3n) is 1.76. The van der Waals surface area contributed by atoms with Crippen LogP contribution in [0.1, 0.15) is 18.5 Å². The highest BCUT2D eigenvalue weighted by atomic mass is 127. The molecule has 1 heterocycles. The zero-order valence-electron chi connectivity index (χ0n) is 7.69. The van der Waals surface area contributed by atoms with Crippen molar-refractivity contribution in [3.8, 4) is 0 Å². The molecule has 86 valence electrons. The lowest BCUT2D eigenvalue weighted by Crippen LogP contribution is -2.08. The Morgan fingerprint density at radius 2 is 2.07 bits per heavy atom. The number of rotatable bonds is 4. The van der Waals surface area contributed by atoms with Crippen molar-refractivity contribution in [2.45, 2.75) is 25.6 Å². The highest BCUT2D eigenvalue weighted by Gasteiger charge is 2.36. The van der Waals surface area contributed by atoms with E-state index in [0.29, 0.717) is 6.54 Å². The first-order chi connectivity index (χ1) is 6.95. The minimum Gasteiger partial charge on any atom is -0.271 e. The molecule has 0 N–H and O–H groups in total. The van der Waals surface area contributed by atoms with Crippen LogP contribution >= 0.6 is 34.2 Å². The lowest BCUT2D eigenvalue weighted by atomic mass is 10.3. The van der Waals surface area contributed by atoms with Crippen molar-refractivity contribution < 1.29 is 13.2 Å². The van der Waals surface area contributed by atoms with Crippen LogP contribution in [-0.2, 0) is 12.7 Å². The highest BCUT2D eigenvalue weighted by molar-refractivity contribution is 14.1. The van der Waals surface area contributed by atoms with E-state index in [0.717, 1.165) is 17.3 Å². The zero-order chi connectivity index (χ0) is 11.5. The third kappa shape index (κ3) is 3.82. The number of alkyl halides is 4. The summed E-state index contributed by atoms with van der Waals surface area (Å²) in [6.45, 7) is 0.471. The molecule has 0 spiro atoms. The van der Waals surface area contributed by atoms with Gasteiger partial charge >= 0.3 is 6.18 Å². The second-order valence-corrected chi connectivity index (χ2v) is 4.47. The van der Waals surface area contributed by atoms with Gasteiger partial charge in [-0.15, -0.1) is 0 Å². The predicted molar refractivity (Wildman–Crippen MR) is 60.4 cm³/mol. The smallest absolute Gasteiger partial charge is 0.271 e. The van der Waals surface area contributed by atoms with Gasteiger partial charge in [-0.25, -0.2) is 0 Å². The molecule has 0 saturated heterocycles. The zero-order valence-corrected chi connectivity index (χ0v) is 10.6. The summed E-state index contributed by atoms with van der Waals surface area (Å²) >= 11 is 7.66. The van der Waals surface area contributed by atoms with E-state index in [1.807, 2.05) is 0 Å². The van der Waals surface area contributed by atoms with Crippen LogP contribution in [0.25, 0.3) is 0 Å². The van der Waals surface area contributed by atoms with Crippen molar-refractivity contribution in [3.63, 3.8) is 0 Å². The van der Waals surface area contributed by atoms with E-state index < -0.39 is 11.9 Å². The normalized spacial score (nSPS) is 12.1. The van der Waals surface area contributed by atoms with Crippen LogP contribution < -0.4 is 0 Å². The molecule has 0 aliphatic rings. The Morgan fingerprint density at radius 1 is 1.40 bits per heavy atom. The number of unbranched alkanes of at least 4 members (excludes halogenated alkanes) is 1. The molecule has 1 rings (SSSR count). The van der Waals surface area contributed by atoms with Gasteiger partial charge in [-0.3, -0.25) is 4.68 Å². The van der Waals surface area contributed by atoms with Gasteiger partial charge in [0.25, 0.3) is 0 Å². The van der Waals surface area contributed by atoms with Gasteiger partial charge in [0, 0.05) is 12.7 Å². The third-order valence-corrected chi connectivity index (χ3v) is 2.80. The van der Waals surface area contributed by atoms with Crippen molar-refractivity contribution in [1.29, 1.82) is 0 Å². The Labute approximate surface area is 104 Å². The second kappa shape index (κ2) is 5.38. The fourth-order valence-corrected chi connectivity index (χ4v) is 1.87. The summed E-state index contributed by atoms with van der Waals surface area (Å²) in [5.74, 6) is 0. The second-order valence-electron chi connectivity index (χ2n) is 2.98. The van der Waals surface area contributed by atoms with Crippen LogP contribution in [0.15, 0.2) is 6.20 Å². The van der Waals surface area contributed by atoms with Crippen molar-refractivity contribution in [1.82, 2.24) is 9.78 Å². The topological polar surface area (TPSA) is 17.8 Å². The van der Waals surface area contributed by atoms with Crippen LogP contribution in [0.4, 0.5) is 13.2 Å². The van der Waals surface area contributed by atoms with Crippen LogP contribution in [0, 0.1) is 0 Å². The number of halogens is 5. The quantitative estimate of drug-likeness (QED) is 0.458. The first-order valence-corrected chi connectivity index (χ1v) is 6.21. The Morgan fingerprint density at radius 3 is 2.53 bits per heavy atom. The molecule has 1 aromatic rings. The van der Waals surface area contributed by atoms with Crippen LogP contribution in [0.2, 0.25) is 5.02 Å². The van der Waals surface area contributed by atoms with Gasteiger partial charge in [0.05, 0.1) is 5.02 Å². The number of aromatic nitrogens is 2. The highest BCUT2D eigenvalue weighted by Crippen LogP contribution is 2.33. The molecule has 0 aromatic carbocycles. The van der Waals surface area contributed by atoms with Crippen LogP contribution in [0.5, 0.6) is 0 Å². The fourth-order valence-electron chi connectivity index (χ4n) is 1.07. The lowest BCUT2D eigenvalue weighted by molar-refractivity contribution is -0.141. The van der Waals surface area contributed by atoms with Crippen molar-refractivity contribution in [2.75, 3.05) is 4.43 Å². The van der Waals surface area contributed by atoms with E-state index in [-0.39, 0.29) is 5.02 Å². The molecule has 0 radical (unpaired) electrons. The standard InChI is InChI=1S/C8H9ClF3IN2/c9-6-5-15(4-2-1-3-13)14-7(6)8(10,11)12/h5H,1-4H2.